The van der Waals surface area contributed by atoms with Crippen molar-refractivity contribution < 1.29 is 4.39 Å². The average molecular weight is 246 g/mol. The number of rotatable bonds is 3. The van der Waals surface area contributed by atoms with Crippen LogP contribution in [0.5, 0.6) is 0 Å². The zero-order valence-corrected chi connectivity index (χ0v) is 10.2. The molecule has 4 nitrogen and oxygen atoms in total. The van der Waals surface area contributed by atoms with Crippen LogP contribution in [-0.4, -0.2) is 28.1 Å². The van der Waals surface area contributed by atoms with E-state index in [1.54, 1.807) is 4.68 Å². The molecule has 0 amide bonds. The van der Waals surface area contributed by atoms with E-state index in [2.05, 4.69) is 15.6 Å². The van der Waals surface area contributed by atoms with Crippen molar-refractivity contribution in [1.29, 1.82) is 0 Å². The molecule has 0 aliphatic carbocycles. The molecular weight excluding hydrogens is 231 g/mol. The van der Waals surface area contributed by atoms with Crippen LogP contribution in [0.25, 0.3) is 0 Å². The molecule has 1 aromatic heterocycles. The number of halogens is 1. The molecule has 1 aromatic carbocycles. The minimum atomic E-state index is -0.194. The van der Waals surface area contributed by atoms with Crippen LogP contribution in [0.15, 0.2) is 30.5 Å². The second kappa shape index (κ2) is 4.17. The lowest BCUT2D eigenvalue weighted by Crippen LogP contribution is -2.58. The molecule has 1 fully saturated rings. The predicted molar refractivity (Wildman–Crippen MR) is 65.7 cm³/mol. The van der Waals surface area contributed by atoms with E-state index in [0.29, 0.717) is 0 Å². The third kappa shape index (κ3) is 1.90. The summed E-state index contributed by atoms with van der Waals surface area (Å²) in [6.07, 6.45) is 2.77. The smallest absolute Gasteiger partial charge is 0.123 e. The van der Waals surface area contributed by atoms with E-state index in [1.165, 1.54) is 12.1 Å². The van der Waals surface area contributed by atoms with Crippen molar-refractivity contribution in [3.63, 3.8) is 0 Å². The second-order valence-corrected chi connectivity index (χ2v) is 4.95. The number of nitrogens with zero attached hydrogens (tertiary/aromatic N) is 3. The molecule has 0 spiro atoms. The highest BCUT2D eigenvalue weighted by atomic mass is 19.1. The molecule has 0 unspecified atom stereocenters. The Balaban J connectivity index is 1.88. The Kier molecular flexibility index (Phi) is 2.63. The molecule has 0 bridgehead atoms. The molecule has 1 N–H and O–H groups in total. The number of aryl methyl sites for hydroxylation is 1. The van der Waals surface area contributed by atoms with E-state index >= 15 is 0 Å². The van der Waals surface area contributed by atoms with Gasteiger partial charge < -0.3 is 5.32 Å². The summed E-state index contributed by atoms with van der Waals surface area (Å²) in [5.41, 5.74) is 2.17. The van der Waals surface area contributed by atoms with Crippen LogP contribution in [0.1, 0.15) is 11.3 Å². The van der Waals surface area contributed by atoms with Gasteiger partial charge in [0.1, 0.15) is 5.82 Å². The van der Waals surface area contributed by atoms with Crippen LogP contribution >= 0.6 is 0 Å². The van der Waals surface area contributed by atoms with Crippen LogP contribution in [-0.2, 0) is 18.9 Å². The van der Waals surface area contributed by atoms with Crippen LogP contribution in [0.3, 0.4) is 0 Å². The Morgan fingerprint density at radius 1 is 1.33 bits per heavy atom. The summed E-state index contributed by atoms with van der Waals surface area (Å²) in [4.78, 5) is 0. The lowest BCUT2D eigenvalue weighted by molar-refractivity contribution is 0.272. The SMILES string of the molecule is Cn1cc(CC2(c3ccc(F)cc3)CNC2)nn1. The van der Waals surface area contributed by atoms with Crippen LogP contribution in [0, 0.1) is 5.82 Å². The topological polar surface area (TPSA) is 42.7 Å². The van der Waals surface area contributed by atoms with Gasteiger partial charge in [-0.3, -0.25) is 4.68 Å². The van der Waals surface area contributed by atoms with E-state index < -0.39 is 0 Å². The maximum Gasteiger partial charge on any atom is 0.123 e. The van der Waals surface area contributed by atoms with Crippen molar-refractivity contribution in [3.8, 4) is 0 Å². The normalized spacial score (nSPS) is 17.4. The van der Waals surface area contributed by atoms with E-state index in [9.17, 15) is 4.39 Å². The van der Waals surface area contributed by atoms with Gasteiger partial charge in [0.2, 0.25) is 0 Å². The third-order valence-corrected chi connectivity index (χ3v) is 3.55. The molecule has 0 radical (unpaired) electrons. The Labute approximate surface area is 105 Å². The summed E-state index contributed by atoms with van der Waals surface area (Å²) in [7, 11) is 1.86. The van der Waals surface area contributed by atoms with Gasteiger partial charge in [0, 0.05) is 38.2 Å². The monoisotopic (exact) mass is 246 g/mol. The van der Waals surface area contributed by atoms with Gasteiger partial charge in [-0.25, -0.2) is 4.39 Å². The van der Waals surface area contributed by atoms with Gasteiger partial charge in [-0.2, -0.15) is 0 Å². The van der Waals surface area contributed by atoms with Gasteiger partial charge in [0.25, 0.3) is 0 Å². The van der Waals surface area contributed by atoms with Crippen molar-refractivity contribution in [1.82, 2.24) is 20.3 Å². The fraction of sp³-hybridized carbons (Fsp3) is 0.385. The Hall–Kier alpha value is -1.75. The van der Waals surface area contributed by atoms with Crippen molar-refractivity contribution in [2.75, 3.05) is 13.1 Å². The highest BCUT2D eigenvalue weighted by Crippen LogP contribution is 2.32. The third-order valence-electron chi connectivity index (χ3n) is 3.55. The largest absolute Gasteiger partial charge is 0.315 e. The first-order valence-corrected chi connectivity index (χ1v) is 6.00. The quantitative estimate of drug-likeness (QED) is 0.880. The standard InChI is InChI=1S/C13H15FN4/c1-18-7-12(16-17-18)6-13(8-15-9-13)10-2-4-11(14)5-3-10/h2-5,7,15H,6,8-9H2,1H3. The number of nitrogens with one attached hydrogen (secondary N) is 1. The Bertz CT molecular complexity index is 542. The Morgan fingerprint density at radius 2 is 2.06 bits per heavy atom. The zero-order chi connectivity index (χ0) is 12.6. The molecule has 0 atom stereocenters. The number of hydrogen-bond donors (Lipinski definition) is 1. The molecule has 1 saturated heterocycles. The van der Waals surface area contributed by atoms with Gasteiger partial charge in [0.05, 0.1) is 5.69 Å². The minimum absolute atomic E-state index is 0.0315. The zero-order valence-electron chi connectivity index (χ0n) is 10.2. The Morgan fingerprint density at radius 3 is 2.56 bits per heavy atom. The maximum atomic E-state index is 13.0. The molecule has 5 heteroatoms. The first kappa shape index (κ1) is 11.3. The van der Waals surface area contributed by atoms with E-state index in [4.69, 9.17) is 0 Å². The highest BCUT2D eigenvalue weighted by molar-refractivity contribution is 5.32. The molecule has 3 rings (SSSR count). The molecule has 1 aliphatic heterocycles. The van der Waals surface area contributed by atoms with Gasteiger partial charge in [-0.15, -0.1) is 5.10 Å². The molecule has 2 aromatic rings. The van der Waals surface area contributed by atoms with E-state index in [1.807, 2.05) is 25.4 Å². The average Bonchev–Trinajstić information content (AvgIpc) is 2.71. The first-order valence-electron chi connectivity index (χ1n) is 6.00. The van der Waals surface area contributed by atoms with Crippen molar-refractivity contribution >= 4 is 0 Å². The van der Waals surface area contributed by atoms with Crippen LogP contribution in [0.2, 0.25) is 0 Å². The molecule has 94 valence electrons. The summed E-state index contributed by atoms with van der Waals surface area (Å²) in [5.74, 6) is -0.194. The second-order valence-electron chi connectivity index (χ2n) is 4.95. The van der Waals surface area contributed by atoms with Crippen LogP contribution in [0.4, 0.5) is 4.39 Å². The van der Waals surface area contributed by atoms with Crippen molar-refractivity contribution in [2.24, 2.45) is 7.05 Å². The fourth-order valence-corrected chi connectivity index (χ4v) is 2.48. The molecular formula is C13H15FN4. The molecule has 1 aliphatic rings. The summed E-state index contributed by atoms with van der Waals surface area (Å²) < 4.78 is 14.7. The molecule has 2 heterocycles. The summed E-state index contributed by atoms with van der Waals surface area (Å²) in [6, 6.07) is 6.78. The highest BCUT2D eigenvalue weighted by Gasteiger charge is 2.39. The summed E-state index contributed by atoms with van der Waals surface area (Å²) >= 11 is 0. The van der Waals surface area contributed by atoms with Gasteiger partial charge in [-0.05, 0) is 17.7 Å². The number of hydrogen-bond acceptors (Lipinski definition) is 3. The number of aromatic nitrogens is 3. The van der Waals surface area contributed by atoms with Crippen LogP contribution < -0.4 is 5.32 Å². The van der Waals surface area contributed by atoms with E-state index in [-0.39, 0.29) is 11.2 Å². The predicted octanol–water partition coefficient (Wildman–Crippen LogP) is 1.04. The fourth-order valence-electron chi connectivity index (χ4n) is 2.48. The lowest BCUT2D eigenvalue weighted by atomic mass is 9.72. The molecule has 0 saturated carbocycles. The van der Waals surface area contributed by atoms with Crippen molar-refractivity contribution in [2.45, 2.75) is 11.8 Å². The van der Waals surface area contributed by atoms with Gasteiger partial charge in [-0.1, -0.05) is 17.3 Å². The minimum Gasteiger partial charge on any atom is -0.315 e. The first-order chi connectivity index (χ1) is 8.68. The summed E-state index contributed by atoms with van der Waals surface area (Å²) in [5, 5.41) is 11.4. The van der Waals surface area contributed by atoms with Crippen molar-refractivity contribution in [3.05, 3.63) is 47.5 Å². The maximum absolute atomic E-state index is 13.0. The summed E-state index contributed by atoms with van der Waals surface area (Å²) in [6.45, 7) is 1.80. The number of benzene rings is 1. The van der Waals surface area contributed by atoms with Gasteiger partial charge >= 0.3 is 0 Å². The molecule has 18 heavy (non-hydrogen) atoms. The lowest BCUT2D eigenvalue weighted by Gasteiger charge is -2.43. The van der Waals surface area contributed by atoms with E-state index in [0.717, 1.165) is 30.8 Å². The van der Waals surface area contributed by atoms with Gasteiger partial charge in [0.15, 0.2) is 0 Å².